The van der Waals surface area contributed by atoms with Crippen molar-refractivity contribution in [3.8, 4) is 0 Å². The molecule has 1 aromatic rings. The van der Waals surface area contributed by atoms with E-state index in [-0.39, 0.29) is 18.1 Å². The van der Waals surface area contributed by atoms with Crippen LogP contribution in [-0.4, -0.2) is 30.2 Å². The number of nitrogens with one attached hydrogen (secondary N) is 2. The van der Waals surface area contributed by atoms with Gasteiger partial charge in [0.15, 0.2) is 0 Å². The summed E-state index contributed by atoms with van der Waals surface area (Å²) in [7, 11) is 0. The van der Waals surface area contributed by atoms with E-state index in [2.05, 4.69) is 17.2 Å². The molecule has 0 radical (unpaired) electrons. The van der Waals surface area contributed by atoms with Crippen molar-refractivity contribution < 1.29 is 14.7 Å². The van der Waals surface area contributed by atoms with Crippen molar-refractivity contribution in [2.45, 2.75) is 6.42 Å². The highest BCUT2D eigenvalue weighted by atomic mass is 35.5. The lowest BCUT2D eigenvalue weighted by Gasteiger charge is -2.07. The van der Waals surface area contributed by atoms with Crippen LogP contribution in [0.4, 0.5) is 4.79 Å². The van der Waals surface area contributed by atoms with Crippen molar-refractivity contribution in [1.82, 2.24) is 10.6 Å². The highest BCUT2D eigenvalue weighted by Crippen LogP contribution is 2.05. The van der Waals surface area contributed by atoms with E-state index in [1.807, 2.05) is 6.07 Å². The van der Waals surface area contributed by atoms with Crippen LogP contribution in [0.5, 0.6) is 0 Å². The topological polar surface area (TPSA) is 78.4 Å². The lowest BCUT2D eigenvalue weighted by atomic mass is 10.1. The van der Waals surface area contributed by atoms with Crippen molar-refractivity contribution in [3.63, 3.8) is 0 Å². The van der Waals surface area contributed by atoms with Gasteiger partial charge in [0, 0.05) is 11.6 Å². The van der Waals surface area contributed by atoms with Gasteiger partial charge in [0.05, 0.1) is 12.1 Å². The smallest absolute Gasteiger partial charge is 0.335 e. The van der Waals surface area contributed by atoms with E-state index in [0.29, 0.717) is 18.0 Å². The predicted octanol–water partition coefficient (Wildman–Crippen LogP) is 1.98. The van der Waals surface area contributed by atoms with Crippen LogP contribution < -0.4 is 10.6 Å². The molecule has 102 valence electrons. The number of aromatic carboxylic acids is 1. The standard InChI is InChI=1S/C13H15ClN2O3/c1-9(14)8-16-13(19)15-6-5-10-3-2-4-11(7-10)12(17)18/h2-4,7H,1,5-6,8H2,(H,17,18)(H2,15,16,19). The largest absolute Gasteiger partial charge is 0.478 e. The maximum atomic E-state index is 11.3. The lowest BCUT2D eigenvalue weighted by Crippen LogP contribution is -2.37. The molecule has 0 aliphatic rings. The molecule has 6 heteroatoms. The maximum absolute atomic E-state index is 11.3. The summed E-state index contributed by atoms with van der Waals surface area (Å²) >= 11 is 5.51. The fraction of sp³-hybridized carbons (Fsp3) is 0.231. The summed E-state index contributed by atoms with van der Waals surface area (Å²) in [6, 6.07) is 6.26. The Bertz CT molecular complexity index is 489. The molecule has 0 saturated carbocycles. The molecule has 3 N–H and O–H groups in total. The third-order valence-electron chi connectivity index (χ3n) is 2.31. The Morgan fingerprint density at radius 2 is 2.05 bits per heavy atom. The fourth-order valence-electron chi connectivity index (χ4n) is 1.42. The lowest BCUT2D eigenvalue weighted by molar-refractivity contribution is 0.0696. The van der Waals surface area contributed by atoms with Crippen molar-refractivity contribution in [2.75, 3.05) is 13.1 Å². The van der Waals surface area contributed by atoms with Gasteiger partial charge in [-0.3, -0.25) is 0 Å². The Morgan fingerprint density at radius 1 is 1.32 bits per heavy atom. The number of urea groups is 1. The van der Waals surface area contributed by atoms with E-state index >= 15 is 0 Å². The molecule has 0 heterocycles. The third kappa shape index (κ3) is 5.92. The molecule has 19 heavy (non-hydrogen) atoms. The number of halogens is 1. The maximum Gasteiger partial charge on any atom is 0.335 e. The first-order chi connectivity index (χ1) is 8.99. The highest BCUT2D eigenvalue weighted by Gasteiger charge is 2.04. The van der Waals surface area contributed by atoms with Gasteiger partial charge in [-0.05, 0) is 24.1 Å². The van der Waals surface area contributed by atoms with Gasteiger partial charge in [0.25, 0.3) is 0 Å². The first kappa shape index (κ1) is 15.0. The molecule has 1 rings (SSSR count). The number of carbonyl (C=O) groups excluding carboxylic acids is 1. The van der Waals surface area contributed by atoms with Gasteiger partial charge in [0.1, 0.15) is 0 Å². The van der Waals surface area contributed by atoms with Crippen molar-refractivity contribution in [2.24, 2.45) is 0 Å². The number of rotatable bonds is 6. The summed E-state index contributed by atoms with van der Waals surface area (Å²) in [5, 5.41) is 14.4. The quantitative estimate of drug-likeness (QED) is 0.746. The molecule has 0 aromatic heterocycles. The second-order valence-electron chi connectivity index (χ2n) is 3.88. The Morgan fingerprint density at radius 3 is 2.68 bits per heavy atom. The summed E-state index contributed by atoms with van der Waals surface area (Å²) in [6.45, 7) is 4.07. The fourth-order valence-corrected chi connectivity index (χ4v) is 1.49. The number of carbonyl (C=O) groups is 2. The summed E-state index contributed by atoms with van der Waals surface area (Å²) in [5.41, 5.74) is 1.09. The second-order valence-corrected chi connectivity index (χ2v) is 4.42. The van der Waals surface area contributed by atoms with Crippen LogP contribution in [-0.2, 0) is 6.42 Å². The molecule has 1 aromatic carbocycles. The molecule has 0 fully saturated rings. The minimum atomic E-state index is -0.965. The molecule has 0 aliphatic carbocycles. The monoisotopic (exact) mass is 282 g/mol. The van der Waals surface area contributed by atoms with Crippen LogP contribution in [0.25, 0.3) is 0 Å². The van der Waals surface area contributed by atoms with E-state index in [1.165, 1.54) is 6.07 Å². The van der Waals surface area contributed by atoms with Crippen molar-refractivity contribution in [3.05, 3.63) is 47.0 Å². The van der Waals surface area contributed by atoms with Crippen molar-refractivity contribution >= 4 is 23.6 Å². The Hall–Kier alpha value is -2.01. The number of carboxylic acids is 1. The van der Waals surface area contributed by atoms with Crippen LogP contribution in [0.3, 0.4) is 0 Å². The van der Waals surface area contributed by atoms with Crippen LogP contribution in [0.2, 0.25) is 0 Å². The molecular weight excluding hydrogens is 268 g/mol. The molecule has 0 atom stereocenters. The van der Waals surface area contributed by atoms with E-state index < -0.39 is 5.97 Å². The van der Waals surface area contributed by atoms with Gasteiger partial charge in [-0.2, -0.15) is 0 Å². The second kappa shape index (κ2) is 7.43. The van der Waals surface area contributed by atoms with E-state index in [9.17, 15) is 9.59 Å². The van der Waals surface area contributed by atoms with Crippen molar-refractivity contribution in [1.29, 1.82) is 0 Å². The third-order valence-corrected chi connectivity index (χ3v) is 2.45. The Balaban J connectivity index is 2.36. The average molecular weight is 283 g/mol. The number of hydrogen-bond donors (Lipinski definition) is 3. The molecule has 0 aliphatic heterocycles. The van der Waals surface area contributed by atoms with Crippen LogP contribution in [0.15, 0.2) is 35.9 Å². The zero-order chi connectivity index (χ0) is 14.3. The van der Waals surface area contributed by atoms with Crippen LogP contribution >= 0.6 is 11.6 Å². The van der Waals surface area contributed by atoms with Gasteiger partial charge < -0.3 is 15.7 Å². The molecule has 0 saturated heterocycles. The van der Waals surface area contributed by atoms with E-state index in [0.717, 1.165) is 5.56 Å². The molecule has 0 spiro atoms. The predicted molar refractivity (Wildman–Crippen MR) is 73.5 cm³/mol. The van der Waals surface area contributed by atoms with Gasteiger partial charge in [-0.1, -0.05) is 30.3 Å². The number of hydrogen-bond acceptors (Lipinski definition) is 2. The number of benzene rings is 1. The summed E-state index contributed by atoms with van der Waals surface area (Å²) in [6.07, 6.45) is 0.552. The van der Waals surface area contributed by atoms with Gasteiger partial charge >= 0.3 is 12.0 Å². The summed E-state index contributed by atoms with van der Waals surface area (Å²) in [5.74, 6) is -0.965. The van der Waals surface area contributed by atoms with Crippen LogP contribution in [0.1, 0.15) is 15.9 Å². The molecular formula is C13H15ClN2O3. The van der Waals surface area contributed by atoms with Crippen LogP contribution in [0, 0.1) is 0 Å². The minimum Gasteiger partial charge on any atom is -0.478 e. The minimum absolute atomic E-state index is 0.210. The van der Waals surface area contributed by atoms with E-state index in [4.69, 9.17) is 16.7 Å². The van der Waals surface area contributed by atoms with Gasteiger partial charge in [0.2, 0.25) is 0 Å². The SMILES string of the molecule is C=C(Cl)CNC(=O)NCCc1cccc(C(=O)O)c1. The molecule has 0 unspecified atom stereocenters. The van der Waals surface area contributed by atoms with Gasteiger partial charge in [-0.25, -0.2) is 9.59 Å². The normalized spacial score (nSPS) is 9.74. The zero-order valence-corrected chi connectivity index (χ0v) is 11.0. The molecule has 2 amide bonds. The first-order valence-corrected chi connectivity index (χ1v) is 6.04. The zero-order valence-electron chi connectivity index (χ0n) is 10.3. The Labute approximate surface area is 116 Å². The molecule has 5 nitrogen and oxygen atoms in total. The number of amides is 2. The highest BCUT2D eigenvalue weighted by molar-refractivity contribution is 6.29. The summed E-state index contributed by atoms with van der Waals surface area (Å²) < 4.78 is 0. The van der Waals surface area contributed by atoms with Gasteiger partial charge in [-0.15, -0.1) is 0 Å². The number of carboxylic acid groups (broad SMARTS) is 1. The molecule has 0 bridgehead atoms. The average Bonchev–Trinajstić information content (AvgIpc) is 2.36. The first-order valence-electron chi connectivity index (χ1n) is 5.66. The van der Waals surface area contributed by atoms with E-state index in [1.54, 1.807) is 12.1 Å². The summed E-state index contributed by atoms with van der Waals surface area (Å²) in [4.78, 5) is 22.1. The Kier molecular flexibility index (Phi) is 5.89.